The summed E-state index contributed by atoms with van der Waals surface area (Å²) in [5.74, 6) is -1.20. The Kier molecular flexibility index (Phi) is 5.37. The molecule has 1 aromatic heterocycles. The number of hydrogen-bond donors (Lipinski definition) is 2. The van der Waals surface area contributed by atoms with Crippen LogP contribution in [0, 0.1) is 0 Å². The fourth-order valence-corrected chi connectivity index (χ4v) is 2.59. The summed E-state index contributed by atoms with van der Waals surface area (Å²) in [5.41, 5.74) is 0. The number of amides is 1. The highest BCUT2D eigenvalue weighted by atomic mass is 32.1. The zero-order valence-corrected chi connectivity index (χ0v) is 11.6. The van der Waals surface area contributed by atoms with E-state index in [1.165, 1.54) is 7.48 Å². The van der Waals surface area contributed by atoms with Gasteiger partial charge in [-0.05, 0) is 17.9 Å². The number of carboxylic acid groups (broad SMARTS) is 1. The van der Waals surface area contributed by atoms with Crippen molar-refractivity contribution >= 4 is 30.7 Å². The van der Waals surface area contributed by atoms with Crippen molar-refractivity contribution in [2.45, 2.75) is 31.3 Å². The number of thiophene rings is 1. The van der Waals surface area contributed by atoms with Crippen molar-refractivity contribution in [1.29, 1.82) is 0 Å². The van der Waals surface area contributed by atoms with E-state index in [1.807, 2.05) is 23.6 Å². The molecule has 2 N–H and O–H groups in total. The Hall–Kier alpha value is -1.60. The Morgan fingerprint density at radius 2 is 2.40 bits per heavy atom. The molecule has 0 fully saturated rings. The van der Waals surface area contributed by atoms with Crippen molar-refractivity contribution in [2.24, 2.45) is 0 Å². The van der Waals surface area contributed by atoms with Crippen molar-refractivity contribution in [3.63, 3.8) is 0 Å². The molecule has 1 aliphatic heterocycles. The van der Waals surface area contributed by atoms with Gasteiger partial charge in [0.15, 0.2) is 0 Å². The third-order valence-corrected chi connectivity index (χ3v) is 3.67. The lowest BCUT2D eigenvalue weighted by Gasteiger charge is -2.15. The summed E-state index contributed by atoms with van der Waals surface area (Å²) < 4.78 is 5.36. The summed E-state index contributed by atoms with van der Waals surface area (Å²) in [5, 5.41) is 13.5. The normalized spacial score (nSPS) is 21.8. The Balaban J connectivity index is 1.78. The minimum absolute atomic E-state index is 0.0672. The summed E-state index contributed by atoms with van der Waals surface area (Å²) >= 11 is 1.54. The first kappa shape index (κ1) is 14.8. The lowest BCUT2D eigenvalue weighted by molar-refractivity contribution is -0.138. The predicted molar refractivity (Wildman–Crippen MR) is 76.6 cm³/mol. The molecule has 20 heavy (non-hydrogen) atoms. The number of hydrogen-bond acceptors (Lipinski definition) is 4. The van der Waals surface area contributed by atoms with Gasteiger partial charge in [-0.1, -0.05) is 18.2 Å². The number of aliphatic carboxylic acids is 1. The minimum Gasteiger partial charge on any atom is -0.481 e. The third-order valence-electron chi connectivity index (χ3n) is 2.80. The molecule has 1 aromatic rings. The van der Waals surface area contributed by atoms with E-state index in [0.29, 0.717) is 12.8 Å². The second-order valence-electron chi connectivity index (χ2n) is 4.50. The molecule has 5 nitrogen and oxygen atoms in total. The summed E-state index contributed by atoms with van der Waals surface area (Å²) in [6, 6.07) is 3.83. The number of rotatable bonds is 5. The molecule has 1 aliphatic rings. The molecule has 0 spiro atoms. The molecule has 1 radical (unpaired) electrons. The van der Waals surface area contributed by atoms with E-state index in [9.17, 15) is 9.59 Å². The van der Waals surface area contributed by atoms with Gasteiger partial charge in [0.1, 0.15) is 0 Å². The van der Waals surface area contributed by atoms with E-state index >= 15 is 0 Å². The van der Waals surface area contributed by atoms with E-state index in [4.69, 9.17) is 9.76 Å². The third kappa shape index (κ3) is 4.83. The van der Waals surface area contributed by atoms with Crippen LogP contribution in [0.15, 0.2) is 29.7 Å². The molecule has 2 atom stereocenters. The number of carbonyl (C=O) groups is 2. The molecule has 2 heterocycles. The molecule has 0 unspecified atom stereocenters. The molecular weight excluding hydrogens is 277 g/mol. The highest BCUT2D eigenvalue weighted by molar-refractivity contribution is 7.10. The minimum atomic E-state index is -0.909. The predicted octanol–water partition coefficient (Wildman–Crippen LogP) is 1.17. The largest absolute Gasteiger partial charge is 0.481 e. The van der Waals surface area contributed by atoms with E-state index in [0.717, 1.165) is 4.88 Å². The summed E-state index contributed by atoms with van der Waals surface area (Å²) in [4.78, 5) is 23.5. The van der Waals surface area contributed by atoms with Crippen molar-refractivity contribution in [2.75, 3.05) is 0 Å². The average molecular weight is 292 g/mol. The van der Waals surface area contributed by atoms with Crippen molar-refractivity contribution in [3.8, 4) is 0 Å². The average Bonchev–Trinajstić information content (AvgIpc) is 2.78. The molecule has 7 heteroatoms. The first-order valence-electron chi connectivity index (χ1n) is 6.32. The van der Waals surface area contributed by atoms with Gasteiger partial charge in [-0.2, -0.15) is 0 Å². The topological polar surface area (TPSA) is 75.6 Å². The maximum Gasteiger partial charge on any atom is 0.317 e. The smallest absolute Gasteiger partial charge is 0.317 e. The highest BCUT2D eigenvalue weighted by Crippen LogP contribution is 2.11. The molecule has 105 valence electrons. The van der Waals surface area contributed by atoms with Gasteiger partial charge in [-0.15, -0.1) is 11.3 Å². The maximum absolute atomic E-state index is 11.9. The molecule has 2 rings (SSSR count). The van der Waals surface area contributed by atoms with Gasteiger partial charge in [-0.3, -0.25) is 9.59 Å². The van der Waals surface area contributed by atoms with Crippen molar-refractivity contribution in [1.82, 2.24) is 5.32 Å². The van der Waals surface area contributed by atoms with Crippen molar-refractivity contribution < 1.29 is 19.3 Å². The zero-order chi connectivity index (χ0) is 14.4. The van der Waals surface area contributed by atoms with E-state index in [1.54, 1.807) is 17.4 Å². The number of nitrogens with one attached hydrogen (secondary N) is 1. The van der Waals surface area contributed by atoms with Crippen LogP contribution in [0.25, 0.3) is 0 Å². The van der Waals surface area contributed by atoms with Gasteiger partial charge in [0.25, 0.3) is 0 Å². The molecule has 0 saturated carbocycles. The van der Waals surface area contributed by atoms with Crippen LogP contribution >= 0.6 is 11.3 Å². The Morgan fingerprint density at radius 1 is 1.55 bits per heavy atom. The summed E-state index contributed by atoms with van der Waals surface area (Å²) in [6.07, 6.45) is 3.97. The van der Waals surface area contributed by atoms with Crippen molar-refractivity contribution in [3.05, 3.63) is 34.5 Å². The second kappa shape index (κ2) is 7.26. The van der Waals surface area contributed by atoms with E-state index < -0.39 is 12.1 Å². The Bertz CT molecular complexity index is 489. The van der Waals surface area contributed by atoms with Gasteiger partial charge >= 0.3 is 13.5 Å². The molecule has 0 aliphatic carbocycles. The number of carbonyl (C=O) groups excluding carboxylic acids is 1. The van der Waals surface area contributed by atoms with Gasteiger partial charge in [0.05, 0.1) is 18.9 Å². The lowest BCUT2D eigenvalue weighted by Crippen LogP contribution is -2.40. The fraction of sp³-hybridized carbons (Fsp3) is 0.385. The highest BCUT2D eigenvalue weighted by Gasteiger charge is 2.20. The number of carboxylic acids is 1. The maximum atomic E-state index is 11.9. The summed E-state index contributed by atoms with van der Waals surface area (Å²) in [7, 11) is 1.51. The first-order valence-corrected chi connectivity index (χ1v) is 7.20. The quantitative estimate of drug-likeness (QED) is 0.631. The molecule has 0 bridgehead atoms. The van der Waals surface area contributed by atoms with Gasteiger partial charge in [-0.25, -0.2) is 0 Å². The SMILES string of the molecule is O=C(O)C[C@@H]1C=CC[C@H](NC(=O)Cc2cccs2)[B]O1. The lowest BCUT2D eigenvalue weighted by atomic mass is 9.85. The van der Waals surface area contributed by atoms with Gasteiger partial charge in [0.2, 0.25) is 5.91 Å². The monoisotopic (exact) mass is 292 g/mol. The standard InChI is InChI=1S/C13H15BNO4S/c16-12(8-10-4-2-6-20-10)15-11-5-1-3-9(19-14-11)7-13(17)18/h1-4,6,9,11H,5,7-8H2,(H,15,16)(H,17,18)/t9-,11-/m0/s1. The molecular formula is C13H15BNO4S. The van der Waals surface area contributed by atoms with Crippen LogP contribution in [0.2, 0.25) is 0 Å². The van der Waals surface area contributed by atoms with Crippen LogP contribution in [-0.2, 0) is 20.7 Å². The van der Waals surface area contributed by atoms with Crippen LogP contribution in [-0.4, -0.2) is 36.5 Å². The fourth-order valence-electron chi connectivity index (χ4n) is 1.88. The molecule has 0 aromatic carbocycles. The Labute approximate surface area is 121 Å². The van der Waals surface area contributed by atoms with E-state index in [-0.39, 0.29) is 18.3 Å². The molecule has 0 saturated heterocycles. The molecule has 1 amide bonds. The van der Waals surface area contributed by atoms with Crippen LogP contribution in [0.4, 0.5) is 0 Å². The van der Waals surface area contributed by atoms with Crippen LogP contribution in [0.3, 0.4) is 0 Å². The van der Waals surface area contributed by atoms with Gasteiger partial charge < -0.3 is 15.1 Å². The second-order valence-corrected chi connectivity index (χ2v) is 5.53. The van der Waals surface area contributed by atoms with Crippen LogP contribution in [0.1, 0.15) is 17.7 Å². The summed E-state index contributed by atoms with van der Waals surface area (Å²) in [6.45, 7) is 0. The Morgan fingerprint density at radius 3 is 3.10 bits per heavy atom. The first-order chi connectivity index (χ1) is 9.63. The van der Waals surface area contributed by atoms with Gasteiger partial charge in [0, 0.05) is 10.8 Å². The zero-order valence-electron chi connectivity index (χ0n) is 10.8. The van der Waals surface area contributed by atoms with E-state index in [2.05, 4.69) is 5.32 Å². The van der Waals surface area contributed by atoms with Crippen LogP contribution in [0.5, 0.6) is 0 Å². The van der Waals surface area contributed by atoms with Crippen LogP contribution < -0.4 is 5.32 Å².